The topological polar surface area (TPSA) is 73.9 Å². The first-order valence-electron chi connectivity index (χ1n) is 9.17. The molecule has 1 aromatic rings. The highest BCUT2D eigenvalue weighted by Gasteiger charge is 2.42. The molecule has 26 heavy (non-hydrogen) atoms. The Labute approximate surface area is 155 Å². The van der Waals surface area contributed by atoms with E-state index in [0.29, 0.717) is 36.8 Å². The summed E-state index contributed by atoms with van der Waals surface area (Å²) in [6.45, 7) is 4.74. The van der Waals surface area contributed by atoms with Gasteiger partial charge in [-0.15, -0.1) is 0 Å². The Morgan fingerprint density at radius 3 is 2.69 bits per heavy atom. The minimum atomic E-state index is -0.807. The highest BCUT2D eigenvalue weighted by molar-refractivity contribution is 5.99. The van der Waals surface area contributed by atoms with Crippen LogP contribution >= 0.6 is 0 Å². The predicted molar refractivity (Wildman–Crippen MR) is 99.6 cm³/mol. The van der Waals surface area contributed by atoms with Crippen molar-refractivity contribution in [2.24, 2.45) is 5.92 Å². The normalized spacial score (nSPS) is 22.5. The van der Waals surface area contributed by atoms with Gasteiger partial charge in [-0.2, -0.15) is 0 Å². The van der Waals surface area contributed by atoms with Crippen LogP contribution in [0.1, 0.15) is 56.3 Å². The van der Waals surface area contributed by atoms with Gasteiger partial charge in [0.1, 0.15) is 16.9 Å². The Morgan fingerprint density at radius 1 is 1.31 bits per heavy atom. The highest BCUT2D eigenvalue weighted by Crippen LogP contribution is 2.36. The van der Waals surface area contributed by atoms with Crippen LogP contribution in [-0.2, 0) is 14.3 Å². The second-order valence-corrected chi connectivity index (χ2v) is 6.91. The molecule has 1 amide bonds. The van der Waals surface area contributed by atoms with Crippen molar-refractivity contribution < 1.29 is 23.8 Å². The third-order valence-corrected chi connectivity index (χ3v) is 4.81. The van der Waals surface area contributed by atoms with Gasteiger partial charge >= 0.3 is 5.97 Å². The first kappa shape index (κ1) is 20.2. The van der Waals surface area contributed by atoms with E-state index >= 15 is 0 Å². The third kappa shape index (κ3) is 4.55. The maximum atomic E-state index is 13.1. The van der Waals surface area contributed by atoms with Crippen LogP contribution < -0.4 is 10.1 Å². The molecule has 6 nitrogen and oxygen atoms in total. The van der Waals surface area contributed by atoms with Gasteiger partial charge in [-0.3, -0.25) is 4.79 Å². The van der Waals surface area contributed by atoms with Gasteiger partial charge in [-0.25, -0.2) is 4.79 Å². The predicted octanol–water partition coefficient (Wildman–Crippen LogP) is 3.80. The van der Waals surface area contributed by atoms with E-state index in [0.717, 1.165) is 19.3 Å². The summed E-state index contributed by atoms with van der Waals surface area (Å²) in [7, 11) is 2.79. The number of hydrogen-bond acceptors (Lipinski definition) is 5. The molecule has 2 atom stereocenters. The van der Waals surface area contributed by atoms with Crippen molar-refractivity contribution in [3.05, 3.63) is 23.8 Å². The summed E-state index contributed by atoms with van der Waals surface area (Å²) in [5.41, 5.74) is -0.0128. The number of carbonyl (C=O) groups excluding carboxylic acids is 2. The minimum absolute atomic E-state index is 0.154. The van der Waals surface area contributed by atoms with Crippen molar-refractivity contribution in [3.8, 4) is 5.75 Å². The molecule has 1 fully saturated rings. The second-order valence-electron chi connectivity index (χ2n) is 6.91. The summed E-state index contributed by atoms with van der Waals surface area (Å²) in [6.07, 6.45) is 4.36. The molecule has 2 rings (SSSR count). The smallest absolute Gasteiger partial charge is 0.341 e. The van der Waals surface area contributed by atoms with E-state index in [4.69, 9.17) is 14.2 Å². The lowest BCUT2D eigenvalue weighted by atomic mass is 9.78. The minimum Gasteiger partial charge on any atom is -0.496 e. The first-order valence-corrected chi connectivity index (χ1v) is 9.17. The molecule has 1 saturated carbocycles. The molecule has 6 heteroatoms. The monoisotopic (exact) mass is 363 g/mol. The molecule has 0 spiro atoms. The summed E-state index contributed by atoms with van der Waals surface area (Å²) in [5.74, 6) is 0.172. The zero-order valence-electron chi connectivity index (χ0n) is 16.1. The number of ether oxygens (including phenoxy) is 3. The van der Waals surface area contributed by atoms with Crippen LogP contribution in [0.3, 0.4) is 0 Å². The summed E-state index contributed by atoms with van der Waals surface area (Å²) >= 11 is 0. The fraction of sp³-hybridized carbons (Fsp3) is 0.600. The Balaban J connectivity index is 2.24. The van der Waals surface area contributed by atoms with Crippen molar-refractivity contribution in [3.63, 3.8) is 0 Å². The van der Waals surface area contributed by atoms with E-state index in [1.165, 1.54) is 14.2 Å². The maximum Gasteiger partial charge on any atom is 0.341 e. The molecule has 1 aliphatic rings. The Morgan fingerprint density at radius 2 is 2.08 bits per heavy atom. The van der Waals surface area contributed by atoms with Crippen molar-refractivity contribution in [1.29, 1.82) is 0 Å². The number of hydrogen-bond donors (Lipinski definition) is 1. The van der Waals surface area contributed by atoms with E-state index in [-0.39, 0.29) is 11.5 Å². The molecule has 0 aliphatic heterocycles. The van der Waals surface area contributed by atoms with E-state index < -0.39 is 11.6 Å². The van der Waals surface area contributed by atoms with Crippen molar-refractivity contribution >= 4 is 17.6 Å². The molecule has 0 unspecified atom stereocenters. The second kappa shape index (κ2) is 9.03. The van der Waals surface area contributed by atoms with Gasteiger partial charge in [0, 0.05) is 12.3 Å². The molecular weight excluding hydrogens is 334 g/mol. The van der Waals surface area contributed by atoms with Gasteiger partial charge in [-0.1, -0.05) is 20.3 Å². The lowest BCUT2D eigenvalue weighted by Crippen LogP contribution is -2.48. The number of benzene rings is 1. The van der Waals surface area contributed by atoms with Gasteiger partial charge in [0.05, 0.1) is 14.2 Å². The lowest BCUT2D eigenvalue weighted by molar-refractivity contribution is -0.148. The average Bonchev–Trinajstić information content (AvgIpc) is 2.65. The van der Waals surface area contributed by atoms with Crippen molar-refractivity contribution in [2.75, 3.05) is 26.1 Å². The average molecular weight is 363 g/mol. The van der Waals surface area contributed by atoms with Gasteiger partial charge in [-0.05, 0) is 49.8 Å². The molecule has 0 saturated heterocycles. The number of rotatable bonds is 7. The van der Waals surface area contributed by atoms with Crippen LogP contribution in [0.15, 0.2) is 18.2 Å². The zero-order valence-corrected chi connectivity index (χ0v) is 16.1. The molecule has 0 radical (unpaired) electrons. The number of esters is 1. The van der Waals surface area contributed by atoms with Crippen LogP contribution in [0, 0.1) is 5.92 Å². The highest BCUT2D eigenvalue weighted by atomic mass is 16.5. The largest absolute Gasteiger partial charge is 0.496 e. The van der Waals surface area contributed by atoms with Crippen LogP contribution in [-0.4, -0.2) is 38.3 Å². The van der Waals surface area contributed by atoms with Gasteiger partial charge in [0.15, 0.2) is 0 Å². The van der Waals surface area contributed by atoms with Crippen molar-refractivity contribution in [2.45, 2.75) is 51.6 Å². The van der Waals surface area contributed by atoms with Gasteiger partial charge in [0.2, 0.25) is 0 Å². The maximum absolute atomic E-state index is 13.1. The Hall–Kier alpha value is -2.08. The number of nitrogens with one attached hydrogen (secondary N) is 1. The van der Waals surface area contributed by atoms with E-state index in [1.54, 1.807) is 18.2 Å². The number of methoxy groups -OCH3 is 2. The molecule has 1 N–H and O–H groups in total. The summed E-state index contributed by atoms with van der Waals surface area (Å²) < 4.78 is 16.0. The molecule has 1 aliphatic carbocycles. The third-order valence-electron chi connectivity index (χ3n) is 4.81. The fourth-order valence-electron chi connectivity index (χ4n) is 3.50. The number of carbonyl (C=O) groups is 2. The molecule has 1 aromatic carbocycles. The number of anilines is 1. The van der Waals surface area contributed by atoms with E-state index in [9.17, 15) is 9.59 Å². The van der Waals surface area contributed by atoms with Gasteiger partial charge in [0.25, 0.3) is 5.91 Å². The molecule has 0 aromatic heterocycles. The fourth-order valence-corrected chi connectivity index (χ4v) is 3.50. The first-order chi connectivity index (χ1) is 12.5. The summed E-state index contributed by atoms with van der Waals surface area (Å²) in [4.78, 5) is 25.0. The molecule has 0 heterocycles. The quantitative estimate of drug-likeness (QED) is 0.746. The van der Waals surface area contributed by atoms with Crippen LogP contribution in [0.25, 0.3) is 0 Å². The van der Waals surface area contributed by atoms with Crippen molar-refractivity contribution in [1.82, 2.24) is 0 Å². The summed E-state index contributed by atoms with van der Waals surface area (Å²) in [5, 5.41) is 2.93. The Kier molecular flexibility index (Phi) is 7.03. The molecular formula is C20H29NO5. The zero-order chi connectivity index (χ0) is 19.2. The number of amides is 1. The van der Waals surface area contributed by atoms with Crippen LogP contribution in [0.4, 0.5) is 5.69 Å². The molecule has 0 bridgehead atoms. The van der Waals surface area contributed by atoms with Crippen LogP contribution in [0.5, 0.6) is 5.75 Å². The van der Waals surface area contributed by atoms with Gasteiger partial charge < -0.3 is 19.5 Å². The standard InChI is InChI=1S/C20H29NO5/c1-5-11-26-20(10-6-7-14(2)13-20)19(23)21-15-8-9-17(24-3)16(12-15)18(22)25-4/h8-9,12,14H,5-7,10-11,13H2,1-4H3,(H,21,23)/t14-,20+/m1/s1. The summed E-state index contributed by atoms with van der Waals surface area (Å²) in [6, 6.07) is 4.93. The van der Waals surface area contributed by atoms with Crippen LogP contribution in [0.2, 0.25) is 0 Å². The van der Waals surface area contributed by atoms with E-state index in [1.807, 2.05) is 6.92 Å². The SMILES string of the molecule is CCCO[C@@]1(C(=O)Nc2ccc(OC)c(C(=O)OC)c2)CCC[C@@H](C)C1. The van der Waals surface area contributed by atoms with E-state index in [2.05, 4.69) is 12.2 Å². The Bertz CT molecular complexity index is 645. The lowest BCUT2D eigenvalue weighted by Gasteiger charge is -2.38. The molecule has 144 valence electrons.